The monoisotopic (exact) mass is 342 g/mol. The van der Waals surface area contributed by atoms with Crippen molar-refractivity contribution in [1.82, 2.24) is 5.32 Å². The van der Waals surface area contributed by atoms with Crippen molar-refractivity contribution in [2.75, 3.05) is 0 Å². The first-order chi connectivity index (χ1) is 11.8. The van der Waals surface area contributed by atoms with Gasteiger partial charge in [0.05, 0.1) is 5.57 Å². The van der Waals surface area contributed by atoms with Crippen molar-refractivity contribution >= 4 is 11.7 Å². The summed E-state index contributed by atoms with van der Waals surface area (Å²) in [6.45, 7) is 6.11. The lowest BCUT2D eigenvalue weighted by molar-refractivity contribution is -0.133. The minimum atomic E-state index is -0.507. The fourth-order valence-corrected chi connectivity index (χ4v) is 5.61. The second-order valence-corrected chi connectivity index (χ2v) is 9.10. The van der Waals surface area contributed by atoms with Crippen molar-refractivity contribution in [3.63, 3.8) is 0 Å². The summed E-state index contributed by atoms with van der Waals surface area (Å²) in [6, 6.07) is 2.25. The SMILES string of the molecule is CC12C=C(C#N)C(=O)C(C)(C)C1CCC(NC(=O)C1CCCCC1)C2. The summed E-state index contributed by atoms with van der Waals surface area (Å²) < 4.78 is 0. The van der Waals surface area contributed by atoms with E-state index in [2.05, 4.69) is 18.3 Å². The highest BCUT2D eigenvalue weighted by atomic mass is 16.2. The molecule has 0 aliphatic heterocycles. The number of nitrogens with one attached hydrogen (secondary N) is 1. The zero-order valence-corrected chi connectivity index (χ0v) is 15.7. The first-order valence-corrected chi connectivity index (χ1v) is 9.76. The number of hydrogen-bond donors (Lipinski definition) is 1. The van der Waals surface area contributed by atoms with Crippen molar-refractivity contribution in [2.24, 2.45) is 22.7 Å². The molecule has 0 bridgehead atoms. The number of nitriles is 1. The Hall–Kier alpha value is -1.63. The van der Waals surface area contributed by atoms with Gasteiger partial charge in [-0.05, 0) is 43.4 Å². The van der Waals surface area contributed by atoms with Crippen LogP contribution in [0.3, 0.4) is 0 Å². The number of hydrogen-bond acceptors (Lipinski definition) is 3. The molecule has 0 radical (unpaired) electrons. The molecule has 136 valence electrons. The Morgan fingerprint density at radius 1 is 1.16 bits per heavy atom. The maximum Gasteiger partial charge on any atom is 0.223 e. The lowest BCUT2D eigenvalue weighted by atomic mass is 9.52. The number of Topliss-reactive ketones (excluding diaryl/α,β-unsaturated/α-hetero) is 1. The number of nitrogens with zero attached hydrogens (tertiary/aromatic N) is 1. The summed E-state index contributed by atoms with van der Waals surface area (Å²) in [7, 11) is 0. The van der Waals surface area contributed by atoms with Crippen LogP contribution in [0.5, 0.6) is 0 Å². The molecule has 0 saturated heterocycles. The highest BCUT2D eigenvalue weighted by Gasteiger charge is 2.53. The van der Waals surface area contributed by atoms with Crippen molar-refractivity contribution in [3.05, 3.63) is 11.6 Å². The lowest BCUT2D eigenvalue weighted by Gasteiger charge is -2.52. The van der Waals surface area contributed by atoms with E-state index in [9.17, 15) is 14.9 Å². The van der Waals surface area contributed by atoms with Gasteiger partial charge in [-0.2, -0.15) is 5.26 Å². The molecule has 1 amide bonds. The van der Waals surface area contributed by atoms with Gasteiger partial charge in [0.25, 0.3) is 0 Å². The van der Waals surface area contributed by atoms with E-state index in [-0.39, 0.29) is 35.0 Å². The number of carbonyl (C=O) groups excluding carboxylic acids is 2. The molecule has 3 atom stereocenters. The zero-order chi connectivity index (χ0) is 18.2. The predicted octanol–water partition coefficient (Wildman–Crippen LogP) is 3.92. The molecular weight excluding hydrogens is 312 g/mol. The van der Waals surface area contributed by atoms with Crippen molar-refractivity contribution in [2.45, 2.75) is 78.2 Å². The zero-order valence-electron chi connectivity index (χ0n) is 15.7. The molecule has 4 heteroatoms. The van der Waals surface area contributed by atoms with Gasteiger partial charge in [0.1, 0.15) is 6.07 Å². The number of amides is 1. The van der Waals surface area contributed by atoms with E-state index in [1.54, 1.807) is 0 Å². The fraction of sp³-hybridized carbons (Fsp3) is 0.762. The Bertz CT molecular complexity index is 637. The first kappa shape index (κ1) is 18.2. The Morgan fingerprint density at radius 2 is 1.84 bits per heavy atom. The molecule has 3 aliphatic rings. The number of allylic oxidation sites excluding steroid dienone is 2. The Labute approximate surface area is 151 Å². The summed E-state index contributed by atoms with van der Waals surface area (Å²) in [5.74, 6) is 0.589. The van der Waals surface area contributed by atoms with Crippen LogP contribution in [0, 0.1) is 34.0 Å². The Kier molecular flexibility index (Phi) is 4.79. The summed E-state index contributed by atoms with van der Waals surface area (Å²) in [4.78, 5) is 25.2. The Morgan fingerprint density at radius 3 is 2.48 bits per heavy atom. The fourth-order valence-electron chi connectivity index (χ4n) is 5.61. The van der Waals surface area contributed by atoms with Crippen LogP contribution >= 0.6 is 0 Å². The van der Waals surface area contributed by atoms with E-state index in [0.29, 0.717) is 5.57 Å². The molecule has 0 aromatic heterocycles. The second-order valence-electron chi connectivity index (χ2n) is 9.10. The van der Waals surface area contributed by atoms with Crippen LogP contribution in [-0.4, -0.2) is 17.7 Å². The van der Waals surface area contributed by atoms with Crippen LogP contribution in [0.15, 0.2) is 11.6 Å². The van der Waals surface area contributed by atoms with Gasteiger partial charge in [-0.25, -0.2) is 0 Å². The van der Waals surface area contributed by atoms with E-state index in [1.807, 2.05) is 19.9 Å². The van der Waals surface area contributed by atoms with Crippen LogP contribution in [0.1, 0.15) is 72.1 Å². The van der Waals surface area contributed by atoms with Crippen LogP contribution < -0.4 is 5.32 Å². The third-order valence-electron chi connectivity index (χ3n) is 6.90. The maximum absolute atomic E-state index is 12.6. The molecule has 0 spiro atoms. The summed E-state index contributed by atoms with van der Waals surface area (Å²) in [6.07, 6.45) is 10.1. The summed E-state index contributed by atoms with van der Waals surface area (Å²) >= 11 is 0. The Balaban J connectivity index is 1.75. The third-order valence-corrected chi connectivity index (χ3v) is 6.90. The first-order valence-electron chi connectivity index (χ1n) is 9.76. The maximum atomic E-state index is 12.6. The van der Waals surface area contributed by atoms with Crippen molar-refractivity contribution in [3.8, 4) is 6.07 Å². The topological polar surface area (TPSA) is 70.0 Å². The van der Waals surface area contributed by atoms with Gasteiger partial charge >= 0.3 is 0 Å². The van der Waals surface area contributed by atoms with E-state index < -0.39 is 5.41 Å². The molecule has 25 heavy (non-hydrogen) atoms. The molecule has 1 N–H and O–H groups in total. The number of ketones is 1. The smallest absolute Gasteiger partial charge is 0.223 e. The minimum Gasteiger partial charge on any atom is -0.353 e. The third kappa shape index (κ3) is 3.26. The molecule has 0 aromatic carbocycles. The van der Waals surface area contributed by atoms with Gasteiger partial charge in [0.2, 0.25) is 5.91 Å². The molecular formula is C21H30N2O2. The standard InChI is InChI=1S/C21H30N2O2/c1-20(2)17-10-9-16(23-19(25)14-7-5-4-6-8-14)12-21(17,3)11-15(13-22)18(20)24/h11,14,16-17H,4-10,12H2,1-3H3,(H,23,25). The molecule has 4 nitrogen and oxygen atoms in total. The van der Waals surface area contributed by atoms with Crippen LogP contribution in [-0.2, 0) is 9.59 Å². The van der Waals surface area contributed by atoms with Crippen molar-refractivity contribution < 1.29 is 9.59 Å². The van der Waals surface area contributed by atoms with E-state index >= 15 is 0 Å². The van der Waals surface area contributed by atoms with Crippen LogP contribution in [0.25, 0.3) is 0 Å². The second kappa shape index (κ2) is 6.59. The van der Waals surface area contributed by atoms with Gasteiger partial charge in [-0.1, -0.05) is 46.1 Å². The molecule has 3 unspecified atom stereocenters. The number of rotatable bonds is 2. The normalized spacial score (nSPS) is 35.3. The largest absolute Gasteiger partial charge is 0.353 e. The molecule has 3 rings (SSSR count). The molecule has 2 fully saturated rings. The number of fused-ring (bicyclic) bond motifs is 1. The average Bonchev–Trinajstić information content (AvgIpc) is 2.58. The van der Waals surface area contributed by atoms with Gasteiger partial charge in [-0.3, -0.25) is 9.59 Å². The summed E-state index contributed by atoms with van der Waals surface area (Å²) in [5, 5.41) is 12.7. The minimum absolute atomic E-state index is 0.0258. The highest BCUT2D eigenvalue weighted by molar-refractivity contribution is 6.04. The van der Waals surface area contributed by atoms with Crippen molar-refractivity contribution in [1.29, 1.82) is 5.26 Å². The van der Waals surface area contributed by atoms with Gasteiger partial charge in [0.15, 0.2) is 5.78 Å². The van der Waals surface area contributed by atoms with E-state index in [1.165, 1.54) is 6.42 Å². The van der Waals surface area contributed by atoms with Gasteiger partial charge in [0, 0.05) is 17.4 Å². The lowest BCUT2D eigenvalue weighted by Crippen LogP contribution is -2.53. The molecule has 2 saturated carbocycles. The summed E-state index contributed by atoms with van der Waals surface area (Å²) in [5.41, 5.74) is -0.416. The highest BCUT2D eigenvalue weighted by Crippen LogP contribution is 2.55. The molecule has 0 aromatic rings. The van der Waals surface area contributed by atoms with E-state index in [0.717, 1.165) is 44.9 Å². The quantitative estimate of drug-likeness (QED) is 0.827. The molecule has 0 heterocycles. The van der Waals surface area contributed by atoms with E-state index in [4.69, 9.17) is 0 Å². The van der Waals surface area contributed by atoms with Crippen LogP contribution in [0.2, 0.25) is 0 Å². The predicted molar refractivity (Wildman–Crippen MR) is 96.4 cm³/mol. The molecule has 3 aliphatic carbocycles. The van der Waals surface area contributed by atoms with Crippen LogP contribution in [0.4, 0.5) is 0 Å². The average molecular weight is 342 g/mol. The number of carbonyl (C=O) groups is 2. The van der Waals surface area contributed by atoms with Gasteiger partial charge < -0.3 is 5.32 Å². The van der Waals surface area contributed by atoms with Gasteiger partial charge in [-0.15, -0.1) is 0 Å².